The van der Waals surface area contributed by atoms with Crippen molar-refractivity contribution >= 4 is 23.5 Å². The van der Waals surface area contributed by atoms with Crippen LogP contribution in [0.1, 0.15) is 10.4 Å². The van der Waals surface area contributed by atoms with E-state index >= 15 is 0 Å². The smallest absolute Gasteiger partial charge is 0.341 e. The molecule has 4 nitrogen and oxygen atoms in total. The van der Waals surface area contributed by atoms with E-state index in [1.165, 1.54) is 12.0 Å². The standard InChI is InChI=1S/C15H16N2O2S/c1-19-15(18)13-8-5-9-16-14(13)17-10-11-20-12-6-3-2-4-7-12/h2-9H,10-11H2,1H3,(H,16,17). The Morgan fingerprint density at radius 2 is 2.05 bits per heavy atom. The summed E-state index contributed by atoms with van der Waals surface area (Å²) < 4.78 is 4.73. The van der Waals surface area contributed by atoms with Gasteiger partial charge in [-0.2, -0.15) is 0 Å². The number of pyridine rings is 1. The number of hydrogen-bond acceptors (Lipinski definition) is 5. The molecule has 1 N–H and O–H groups in total. The fourth-order valence-electron chi connectivity index (χ4n) is 1.68. The summed E-state index contributed by atoms with van der Waals surface area (Å²) >= 11 is 1.75. The number of hydrogen-bond donors (Lipinski definition) is 1. The van der Waals surface area contributed by atoms with Crippen molar-refractivity contribution < 1.29 is 9.53 Å². The first-order chi connectivity index (χ1) is 9.81. The number of carbonyl (C=O) groups excluding carboxylic acids is 1. The van der Waals surface area contributed by atoms with Crippen molar-refractivity contribution in [1.29, 1.82) is 0 Å². The van der Waals surface area contributed by atoms with Crippen LogP contribution in [-0.2, 0) is 4.74 Å². The van der Waals surface area contributed by atoms with E-state index in [-0.39, 0.29) is 5.97 Å². The molecule has 0 saturated heterocycles. The van der Waals surface area contributed by atoms with Crippen LogP contribution in [0.5, 0.6) is 0 Å². The van der Waals surface area contributed by atoms with E-state index in [0.717, 1.165) is 12.3 Å². The number of nitrogens with one attached hydrogen (secondary N) is 1. The van der Waals surface area contributed by atoms with E-state index in [1.807, 2.05) is 18.2 Å². The third-order valence-electron chi connectivity index (χ3n) is 2.62. The number of methoxy groups -OCH3 is 1. The topological polar surface area (TPSA) is 51.2 Å². The van der Waals surface area contributed by atoms with E-state index in [0.29, 0.717) is 11.4 Å². The SMILES string of the molecule is COC(=O)c1cccnc1NCCSc1ccccc1. The number of nitrogens with zero attached hydrogens (tertiary/aromatic N) is 1. The van der Waals surface area contributed by atoms with Gasteiger partial charge in [-0.05, 0) is 24.3 Å². The molecule has 0 radical (unpaired) electrons. The molecule has 1 aromatic carbocycles. The van der Waals surface area contributed by atoms with Crippen molar-refractivity contribution in [2.24, 2.45) is 0 Å². The number of rotatable bonds is 6. The predicted octanol–water partition coefficient (Wildman–Crippen LogP) is 3.07. The van der Waals surface area contributed by atoms with Crippen LogP contribution in [-0.4, -0.2) is 30.4 Å². The molecule has 20 heavy (non-hydrogen) atoms. The van der Waals surface area contributed by atoms with Crippen molar-refractivity contribution in [3.63, 3.8) is 0 Å². The Balaban J connectivity index is 1.87. The van der Waals surface area contributed by atoms with Crippen LogP contribution in [0.25, 0.3) is 0 Å². The molecule has 5 heteroatoms. The van der Waals surface area contributed by atoms with Crippen LogP contribution in [0.4, 0.5) is 5.82 Å². The lowest BCUT2D eigenvalue weighted by molar-refractivity contribution is 0.0601. The van der Waals surface area contributed by atoms with Crippen molar-refractivity contribution in [3.05, 3.63) is 54.2 Å². The molecule has 1 aromatic heterocycles. The van der Waals surface area contributed by atoms with Crippen LogP contribution < -0.4 is 5.32 Å². The fourth-order valence-corrected chi connectivity index (χ4v) is 2.47. The Bertz CT molecular complexity index is 561. The summed E-state index contributed by atoms with van der Waals surface area (Å²) in [6.07, 6.45) is 1.65. The lowest BCUT2D eigenvalue weighted by Gasteiger charge is -2.09. The average Bonchev–Trinajstić information content (AvgIpc) is 2.52. The number of ether oxygens (including phenoxy) is 1. The Hall–Kier alpha value is -2.01. The molecule has 2 aromatic rings. The summed E-state index contributed by atoms with van der Waals surface area (Å²) in [5.41, 5.74) is 0.458. The number of thioether (sulfide) groups is 1. The van der Waals surface area contributed by atoms with E-state index in [1.54, 1.807) is 30.1 Å². The first kappa shape index (κ1) is 14.4. The van der Waals surface area contributed by atoms with E-state index < -0.39 is 0 Å². The molecule has 0 unspecified atom stereocenters. The van der Waals surface area contributed by atoms with Gasteiger partial charge in [-0.1, -0.05) is 18.2 Å². The number of benzene rings is 1. The van der Waals surface area contributed by atoms with Crippen LogP contribution >= 0.6 is 11.8 Å². The summed E-state index contributed by atoms with van der Waals surface area (Å²) in [7, 11) is 1.37. The molecule has 0 aliphatic heterocycles. The molecule has 0 amide bonds. The minimum absolute atomic E-state index is 0.378. The van der Waals surface area contributed by atoms with Gasteiger partial charge in [0.15, 0.2) is 0 Å². The molecule has 0 atom stereocenters. The van der Waals surface area contributed by atoms with Gasteiger partial charge in [0.2, 0.25) is 0 Å². The van der Waals surface area contributed by atoms with Gasteiger partial charge in [-0.25, -0.2) is 9.78 Å². The maximum absolute atomic E-state index is 11.6. The van der Waals surface area contributed by atoms with E-state index in [4.69, 9.17) is 4.74 Å². The fraction of sp³-hybridized carbons (Fsp3) is 0.200. The van der Waals surface area contributed by atoms with Gasteiger partial charge in [-0.15, -0.1) is 11.8 Å². The second-order valence-electron chi connectivity index (χ2n) is 3.98. The lowest BCUT2D eigenvalue weighted by atomic mass is 10.2. The Morgan fingerprint density at radius 3 is 2.80 bits per heavy atom. The summed E-state index contributed by atoms with van der Waals surface area (Å²) in [5.74, 6) is 1.07. The highest BCUT2D eigenvalue weighted by Crippen LogP contribution is 2.17. The zero-order chi connectivity index (χ0) is 14.2. The van der Waals surface area contributed by atoms with E-state index in [2.05, 4.69) is 22.4 Å². The van der Waals surface area contributed by atoms with Gasteiger partial charge in [0.05, 0.1) is 7.11 Å². The molecule has 0 aliphatic carbocycles. The zero-order valence-electron chi connectivity index (χ0n) is 11.2. The Labute approximate surface area is 122 Å². The number of carbonyl (C=O) groups is 1. The van der Waals surface area contributed by atoms with Gasteiger partial charge in [0.25, 0.3) is 0 Å². The second-order valence-corrected chi connectivity index (χ2v) is 5.15. The first-order valence-electron chi connectivity index (χ1n) is 6.26. The third-order valence-corrected chi connectivity index (χ3v) is 3.63. The van der Waals surface area contributed by atoms with Crippen LogP contribution in [0.15, 0.2) is 53.6 Å². The summed E-state index contributed by atoms with van der Waals surface area (Å²) in [6.45, 7) is 0.723. The van der Waals surface area contributed by atoms with E-state index in [9.17, 15) is 4.79 Å². The quantitative estimate of drug-likeness (QED) is 0.503. The van der Waals surface area contributed by atoms with Gasteiger partial charge in [-0.3, -0.25) is 0 Å². The first-order valence-corrected chi connectivity index (χ1v) is 7.25. The highest BCUT2D eigenvalue weighted by molar-refractivity contribution is 7.99. The molecule has 0 saturated carbocycles. The Kier molecular flexibility index (Phi) is 5.43. The minimum Gasteiger partial charge on any atom is -0.465 e. The van der Waals surface area contributed by atoms with Gasteiger partial charge in [0, 0.05) is 23.4 Å². The zero-order valence-corrected chi connectivity index (χ0v) is 12.0. The van der Waals surface area contributed by atoms with Crippen LogP contribution in [0.3, 0.4) is 0 Å². The van der Waals surface area contributed by atoms with Crippen molar-refractivity contribution in [3.8, 4) is 0 Å². The molecular weight excluding hydrogens is 272 g/mol. The highest BCUT2D eigenvalue weighted by atomic mass is 32.2. The van der Waals surface area contributed by atoms with Crippen molar-refractivity contribution in [2.45, 2.75) is 4.90 Å². The van der Waals surface area contributed by atoms with Gasteiger partial charge >= 0.3 is 5.97 Å². The monoisotopic (exact) mass is 288 g/mol. The summed E-state index contributed by atoms with van der Waals surface area (Å²) in [6, 6.07) is 13.6. The van der Waals surface area contributed by atoms with Crippen LogP contribution in [0.2, 0.25) is 0 Å². The predicted molar refractivity (Wildman–Crippen MR) is 81.2 cm³/mol. The molecule has 0 aliphatic rings. The molecule has 1 heterocycles. The maximum atomic E-state index is 11.6. The molecule has 0 bridgehead atoms. The highest BCUT2D eigenvalue weighted by Gasteiger charge is 2.11. The van der Waals surface area contributed by atoms with Crippen LogP contribution in [0, 0.1) is 0 Å². The lowest BCUT2D eigenvalue weighted by Crippen LogP contribution is -2.11. The summed E-state index contributed by atoms with van der Waals surface area (Å²) in [4.78, 5) is 17.0. The number of esters is 1. The second kappa shape index (κ2) is 7.55. The Morgan fingerprint density at radius 1 is 1.25 bits per heavy atom. The largest absolute Gasteiger partial charge is 0.465 e. The van der Waals surface area contributed by atoms with Crippen molar-refractivity contribution in [1.82, 2.24) is 4.98 Å². The summed E-state index contributed by atoms with van der Waals surface area (Å²) in [5, 5.41) is 3.17. The van der Waals surface area contributed by atoms with Crippen molar-refractivity contribution in [2.75, 3.05) is 24.7 Å². The molecule has 2 rings (SSSR count). The third kappa shape index (κ3) is 3.99. The van der Waals surface area contributed by atoms with Gasteiger partial charge in [0.1, 0.15) is 11.4 Å². The molecule has 104 valence electrons. The minimum atomic E-state index is -0.378. The number of aromatic nitrogens is 1. The molecular formula is C15H16N2O2S. The average molecular weight is 288 g/mol. The normalized spacial score (nSPS) is 10.1. The van der Waals surface area contributed by atoms with Gasteiger partial charge < -0.3 is 10.1 Å². The number of anilines is 1. The maximum Gasteiger partial charge on any atom is 0.341 e. The molecule has 0 fully saturated rings. The molecule has 0 spiro atoms.